The average Bonchev–Trinajstić information content (AvgIpc) is 2.19. The molecule has 0 unspecified atom stereocenters. The zero-order valence-electron chi connectivity index (χ0n) is 11.3. The van der Waals surface area contributed by atoms with E-state index in [0.29, 0.717) is 11.6 Å². The van der Waals surface area contributed by atoms with Crippen molar-refractivity contribution in [2.75, 3.05) is 25.5 Å². The van der Waals surface area contributed by atoms with E-state index in [4.69, 9.17) is 11.6 Å². The molecule has 0 saturated heterocycles. The molecule has 0 aliphatic rings. The topological polar surface area (TPSA) is 28.2 Å². The van der Waals surface area contributed by atoms with E-state index in [1.165, 1.54) is 0 Å². The lowest BCUT2D eigenvalue weighted by Crippen LogP contribution is -2.30. The number of pyridine rings is 1. The molecule has 4 heteroatoms. The Morgan fingerprint density at radius 2 is 2.00 bits per heavy atom. The Kier molecular flexibility index (Phi) is 4.78. The van der Waals surface area contributed by atoms with Crippen molar-refractivity contribution in [3.8, 4) is 0 Å². The van der Waals surface area contributed by atoms with Crippen molar-refractivity contribution >= 4 is 17.4 Å². The minimum Gasteiger partial charge on any atom is -0.359 e. The largest absolute Gasteiger partial charge is 0.359 e. The molecular formula is C13H22ClN3. The number of halogens is 1. The van der Waals surface area contributed by atoms with E-state index >= 15 is 0 Å². The van der Waals surface area contributed by atoms with Crippen LogP contribution in [0.5, 0.6) is 0 Å². The third kappa shape index (κ3) is 4.52. The van der Waals surface area contributed by atoms with Crippen LogP contribution in [0.1, 0.15) is 26.5 Å². The Morgan fingerprint density at radius 1 is 1.35 bits per heavy atom. The van der Waals surface area contributed by atoms with E-state index < -0.39 is 0 Å². The first-order valence-corrected chi connectivity index (χ1v) is 6.22. The van der Waals surface area contributed by atoms with Crippen LogP contribution in [-0.4, -0.2) is 25.6 Å². The molecule has 1 heterocycles. The number of nitrogens with zero attached hydrogens (tertiary/aromatic N) is 2. The second-order valence-corrected chi connectivity index (χ2v) is 5.95. The fourth-order valence-electron chi connectivity index (χ4n) is 1.77. The molecular weight excluding hydrogens is 234 g/mol. The molecule has 0 aromatic carbocycles. The van der Waals surface area contributed by atoms with Crippen LogP contribution in [0.15, 0.2) is 12.1 Å². The monoisotopic (exact) mass is 255 g/mol. The maximum Gasteiger partial charge on any atom is 0.128 e. The standard InChI is InChI=1S/C13H22ClN3/c1-13(2,3)9-17(5)12-7-6-10(14)11(16-12)8-15-4/h6-7,15H,8-9H2,1-5H3. The van der Waals surface area contributed by atoms with E-state index in [1.807, 2.05) is 19.2 Å². The maximum atomic E-state index is 6.09. The van der Waals surface area contributed by atoms with Crippen LogP contribution < -0.4 is 10.2 Å². The van der Waals surface area contributed by atoms with Crippen molar-refractivity contribution in [3.63, 3.8) is 0 Å². The summed E-state index contributed by atoms with van der Waals surface area (Å²) in [5.74, 6) is 0.967. The van der Waals surface area contributed by atoms with Crippen molar-refractivity contribution in [1.82, 2.24) is 10.3 Å². The molecule has 96 valence electrons. The highest BCUT2D eigenvalue weighted by molar-refractivity contribution is 6.31. The summed E-state index contributed by atoms with van der Waals surface area (Å²) in [6.07, 6.45) is 0. The molecule has 0 aliphatic carbocycles. The summed E-state index contributed by atoms with van der Waals surface area (Å²) in [6.45, 7) is 8.30. The number of aromatic nitrogens is 1. The quantitative estimate of drug-likeness (QED) is 0.897. The van der Waals surface area contributed by atoms with Crippen LogP contribution >= 0.6 is 11.6 Å². The molecule has 1 N–H and O–H groups in total. The zero-order chi connectivity index (χ0) is 13.1. The molecule has 1 aromatic rings. The fraction of sp³-hybridized carbons (Fsp3) is 0.615. The van der Waals surface area contributed by atoms with Crippen LogP contribution in [0.25, 0.3) is 0 Å². The molecule has 17 heavy (non-hydrogen) atoms. The first-order valence-electron chi connectivity index (χ1n) is 5.84. The predicted molar refractivity (Wildman–Crippen MR) is 74.7 cm³/mol. The molecule has 0 radical (unpaired) electrons. The van der Waals surface area contributed by atoms with Gasteiger partial charge in [0.05, 0.1) is 10.7 Å². The van der Waals surface area contributed by atoms with E-state index in [1.54, 1.807) is 0 Å². The van der Waals surface area contributed by atoms with E-state index in [2.05, 4.69) is 43.0 Å². The fourth-order valence-corrected chi connectivity index (χ4v) is 1.94. The van der Waals surface area contributed by atoms with Crippen LogP contribution in [0.4, 0.5) is 5.82 Å². The number of anilines is 1. The summed E-state index contributed by atoms with van der Waals surface area (Å²) in [4.78, 5) is 6.74. The molecule has 1 aromatic heterocycles. The summed E-state index contributed by atoms with van der Waals surface area (Å²) in [5.41, 5.74) is 1.15. The maximum absolute atomic E-state index is 6.09. The van der Waals surface area contributed by atoms with Crippen LogP contribution in [0.3, 0.4) is 0 Å². The molecule has 0 bridgehead atoms. The van der Waals surface area contributed by atoms with Gasteiger partial charge >= 0.3 is 0 Å². The lowest BCUT2D eigenvalue weighted by Gasteiger charge is -2.27. The van der Waals surface area contributed by atoms with Gasteiger partial charge in [-0.1, -0.05) is 32.4 Å². The molecule has 0 aliphatic heterocycles. The van der Waals surface area contributed by atoms with Crippen molar-refractivity contribution in [2.45, 2.75) is 27.3 Å². The van der Waals surface area contributed by atoms with Crippen molar-refractivity contribution in [3.05, 3.63) is 22.8 Å². The number of hydrogen-bond acceptors (Lipinski definition) is 3. The minimum atomic E-state index is 0.249. The summed E-state index contributed by atoms with van der Waals surface area (Å²) < 4.78 is 0. The minimum absolute atomic E-state index is 0.249. The SMILES string of the molecule is CNCc1nc(N(C)CC(C)(C)C)ccc1Cl. The smallest absolute Gasteiger partial charge is 0.128 e. The number of nitrogens with one attached hydrogen (secondary N) is 1. The van der Waals surface area contributed by atoms with Crippen LogP contribution in [0.2, 0.25) is 5.02 Å². The van der Waals surface area contributed by atoms with E-state index in [0.717, 1.165) is 18.1 Å². The molecule has 3 nitrogen and oxygen atoms in total. The van der Waals surface area contributed by atoms with Gasteiger partial charge in [-0.15, -0.1) is 0 Å². The second kappa shape index (κ2) is 5.69. The van der Waals surface area contributed by atoms with Gasteiger partial charge < -0.3 is 10.2 Å². The molecule has 0 fully saturated rings. The third-order valence-electron chi connectivity index (χ3n) is 2.35. The molecule has 0 amide bonds. The summed E-state index contributed by atoms with van der Waals surface area (Å²) in [6, 6.07) is 3.88. The van der Waals surface area contributed by atoms with Gasteiger partial charge in [0.2, 0.25) is 0 Å². The Labute approximate surface area is 109 Å². The molecule has 0 saturated carbocycles. The van der Waals surface area contributed by atoms with Crippen molar-refractivity contribution in [1.29, 1.82) is 0 Å². The first-order chi connectivity index (χ1) is 7.83. The van der Waals surface area contributed by atoms with Gasteiger partial charge in [-0.25, -0.2) is 4.98 Å². The zero-order valence-corrected chi connectivity index (χ0v) is 12.1. The van der Waals surface area contributed by atoms with Gasteiger partial charge in [-0.2, -0.15) is 0 Å². The Bertz CT molecular complexity index is 371. The van der Waals surface area contributed by atoms with Gasteiger partial charge in [0.25, 0.3) is 0 Å². The van der Waals surface area contributed by atoms with Gasteiger partial charge in [0.1, 0.15) is 5.82 Å². The lowest BCUT2D eigenvalue weighted by atomic mass is 9.96. The highest BCUT2D eigenvalue weighted by Crippen LogP contribution is 2.22. The summed E-state index contributed by atoms with van der Waals surface area (Å²) >= 11 is 6.09. The van der Waals surface area contributed by atoms with Gasteiger partial charge in [0.15, 0.2) is 0 Å². The lowest BCUT2D eigenvalue weighted by molar-refractivity contribution is 0.417. The number of hydrogen-bond donors (Lipinski definition) is 1. The number of rotatable bonds is 4. The third-order valence-corrected chi connectivity index (χ3v) is 2.69. The van der Waals surface area contributed by atoms with E-state index in [9.17, 15) is 0 Å². The average molecular weight is 256 g/mol. The second-order valence-electron chi connectivity index (χ2n) is 5.55. The van der Waals surface area contributed by atoms with Crippen molar-refractivity contribution in [2.24, 2.45) is 5.41 Å². The highest BCUT2D eigenvalue weighted by atomic mass is 35.5. The normalized spacial score (nSPS) is 11.6. The van der Waals surface area contributed by atoms with Gasteiger partial charge in [-0.05, 0) is 24.6 Å². The molecule has 0 atom stereocenters. The Hall–Kier alpha value is -0.800. The predicted octanol–water partition coefficient (Wildman–Crippen LogP) is 2.94. The molecule has 0 spiro atoms. The van der Waals surface area contributed by atoms with Crippen LogP contribution in [-0.2, 0) is 6.54 Å². The van der Waals surface area contributed by atoms with Crippen molar-refractivity contribution < 1.29 is 0 Å². The van der Waals surface area contributed by atoms with Gasteiger partial charge in [0, 0.05) is 20.1 Å². The highest BCUT2D eigenvalue weighted by Gasteiger charge is 2.15. The van der Waals surface area contributed by atoms with Crippen LogP contribution in [0, 0.1) is 5.41 Å². The Balaban J connectivity index is 2.87. The Morgan fingerprint density at radius 3 is 2.53 bits per heavy atom. The molecule has 1 rings (SSSR count). The first kappa shape index (κ1) is 14.3. The summed E-state index contributed by atoms with van der Waals surface area (Å²) in [7, 11) is 3.95. The summed E-state index contributed by atoms with van der Waals surface area (Å²) in [5, 5.41) is 3.79. The van der Waals surface area contributed by atoms with Gasteiger partial charge in [-0.3, -0.25) is 0 Å². The van der Waals surface area contributed by atoms with E-state index in [-0.39, 0.29) is 5.41 Å².